The smallest absolute Gasteiger partial charge is 0.228 e. The number of hydrogen-bond donors (Lipinski definition) is 0. The third-order valence-electron chi connectivity index (χ3n) is 6.40. The van der Waals surface area contributed by atoms with Gasteiger partial charge in [-0.1, -0.05) is 62.1 Å². The Labute approximate surface area is 173 Å². The van der Waals surface area contributed by atoms with Crippen LogP contribution in [0.25, 0.3) is 32.8 Å². The Morgan fingerprint density at radius 2 is 1.72 bits per heavy atom. The largest absolute Gasteiger partial charge is 0.455 e. The second kappa shape index (κ2) is 6.17. The van der Waals surface area contributed by atoms with Gasteiger partial charge in [0.2, 0.25) is 5.69 Å². The molecular weight excluding hydrogens is 370 g/mol. The fourth-order valence-electron chi connectivity index (χ4n) is 4.79. The van der Waals surface area contributed by atoms with Gasteiger partial charge < -0.3 is 4.74 Å². The summed E-state index contributed by atoms with van der Waals surface area (Å²) in [7, 11) is 0.693. The van der Waals surface area contributed by atoms with Crippen molar-refractivity contribution in [1.29, 1.82) is 0 Å². The summed E-state index contributed by atoms with van der Waals surface area (Å²) in [6, 6.07) is 15.7. The van der Waals surface area contributed by atoms with Crippen LogP contribution in [0, 0.1) is 6.92 Å². The molecule has 3 heteroatoms. The Hall–Kier alpha value is -2.65. The van der Waals surface area contributed by atoms with Gasteiger partial charge in [-0.2, -0.15) is 0 Å². The van der Waals surface area contributed by atoms with E-state index in [4.69, 9.17) is 4.74 Å². The quantitative estimate of drug-likeness (QED) is 0.262. The van der Waals surface area contributed by atoms with Gasteiger partial charge in [0, 0.05) is 11.6 Å². The second-order valence-electron chi connectivity index (χ2n) is 9.27. The SMILES string of the molecule is CCc1c2c(c(C)c3ccccc13)-c1c3c(cc([Si](C)(C)C)cc3cc[n+]1C)O2. The van der Waals surface area contributed by atoms with Crippen LogP contribution in [-0.2, 0) is 13.5 Å². The molecule has 4 aromatic rings. The van der Waals surface area contributed by atoms with Gasteiger partial charge in [-0.05, 0) is 41.1 Å². The lowest BCUT2D eigenvalue weighted by Crippen LogP contribution is -2.38. The van der Waals surface area contributed by atoms with Crippen LogP contribution in [0.4, 0.5) is 0 Å². The molecule has 0 saturated heterocycles. The van der Waals surface area contributed by atoms with Crippen molar-refractivity contribution in [3.63, 3.8) is 0 Å². The molecule has 0 bridgehead atoms. The van der Waals surface area contributed by atoms with E-state index in [9.17, 15) is 0 Å². The molecule has 3 aromatic carbocycles. The Morgan fingerprint density at radius 1 is 1.00 bits per heavy atom. The summed E-state index contributed by atoms with van der Waals surface area (Å²) < 4.78 is 9.03. The lowest BCUT2D eigenvalue weighted by Gasteiger charge is -2.26. The van der Waals surface area contributed by atoms with E-state index in [2.05, 4.69) is 93.8 Å². The van der Waals surface area contributed by atoms with Crippen molar-refractivity contribution in [3.8, 4) is 22.8 Å². The van der Waals surface area contributed by atoms with Crippen molar-refractivity contribution in [2.75, 3.05) is 0 Å². The van der Waals surface area contributed by atoms with E-state index >= 15 is 0 Å². The first-order valence-electron chi connectivity index (χ1n) is 10.5. The molecule has 146 valence electrons. The summed E-state index contributed by atoms with van der Waals surface area (Å²) in [6.07, 6.45) is 3.15. The van der Waals surface area contributed by atoms with Crippen LogP contribution in [0.2, 0.25) is 19.6 Å². The number of ether oxygens (including phenoxy) is 1. The van der Waals surface area contributed by atoms with Crippen molar-refractivity contribution in [3.05, 3.63) is 59.8 Å². The molecule has 5 rings (SSSR count). The minimum atomic E-state index is -1.46. The minimum Gasteiger partial charge on any atom is -0.455 e. The highest BCUT2D eigenvalue weighted by Crippen LogP contribution is 2.50. The summed E-state index contributed by atoms with van der Waals surface area (Å²) in [6.45, 7) is 11.7. The molecule has 0 amide bonds. The third-order valence-corrected chi connectivity index (χ3v) is 8.42. The van der Waals surface area contributed by atoms with Crippen molar-refractivity contribution < 1.29 is 9.30 Å². The molecule has 1 aliphatic rings. The molecule has 2 nitrogen and oxygen atoms in total. The molecule has 0 radical (unpaired) electrons. The first-order valence-corrected chi connectivity index (χ1v) is 14.0. The topological polar surface area (TPSA) is 13.1 Å². The number of aryl methyl sites for hydroxylation is 3. The van der Waals surface area contributed by atoms with Crippen LogP contribution in [0.15, 0.2) is 48.7 Å². The van der Waals surface area contributed by atoms with Gasteiger partial charge in [-0.15, -0.1) is 0 Å². The number of benzene rings is 3. The van der Waals surface area contributed by atoms with E-state index in [1.807, 2.05) is 0 Å². The maximum Gasteiger partial charge on any atom is 0.228 e. The van der Waals surface area contributed by atoms with E-state index in [0.29, 0.717) is 0 Å². The van der Waals surface area contributed by atoms with Crippen LogP contribution in [0.3, 0.4) is 0 Å². The number of aromatic nitrogens is 1. The Morgan fingerprint density at radius 3 is 2.41 bits per heavy atom. The van der Waals surface area contributed by atoms with E-state index in [0.717, 1.165) is 17.9 Å². The first kappa shape index (κ1) is 18.4. The summed E-state index contributed by atoms with van der Waals surface area (Å²) in [5.41, 5.74) is 5.14. The van der Waals surface area contributed by atoms with Gasteiger partial charge in [0.25, 0.3) is 0 Å². The van der Waals surface area contributed by atoms with Crippen LogP contribution in [0.5, 0.6) is 11.5 Å². The van der Waals surface area contributed by atoms with Gasteiger partial charge in [0.15, 0.2) is 6.20 Å². The number of pyridine rings is 1. The van der Waals surface area contributed by atoms with Gasteiger partial charge in [-0.25, -0.2) is 4.57 Å². The number of nitrogens with zero attached hydrogens (tertiary/aromatic N) is 1. The van der Waals surface area contributed by atoms with E-state index in [1.165, 1.54) is 49.1 Å². The number of fused-ring (bicyclic) bond motifs is 3. The van der Waals surface area contributed by atoms with Crippen molar-refractivity contribution in [1.82, 2.24) is 0 Å². The predicted octanol–water partition coefficient (Wildman–Crippen LogP) is 6.01. The highest BCUT2D eigenvalue weighted by Gasteiger charge is 2.33. The monoisotopic (exact) mass is 398 g/mol. The first-order chi connectivity index (χ1) is 13.8. The molecular formula is C26H28NOSi+. The summed E-state index contributed by atoms with van der Waals surface area (Å²) in [5, 5.41) is 6.60. The van der Waals surface area contributed by atoms with Crippen LogP contribution < -0.4 is 14.5 Å². The molecule has 0 atom stereocenters. The lowest BCUT2D eigenvalue weighted by molar-refractivity contribution is -0.659. The fourth-order valence-corrected chi connectivity index (χ4v) is 5.94. The highest BCUT2D eigenvalue weighted by atomic mass is 28.3. The molecule has 0 aliphatic carbocycles. The Bertz CT molecular complexity index is 1310. The van der Waals surface area contributed by atoms with Gasteiger partial charge >= 0.3 is 0 Å². The molecule has 1 aromatic heterocycles. The molecule has 1 aliphatic heterocycles. The normalized spacial score (nSPS) is 12.9. The Balaban J connectivity index is 1.98. The number of rotatable bonds is 2. The maximum absolute atomic E-state index is 6.76. The standard InChI is InChI=1S/C26H28NOSi/c1-7-19-21-11-9-8-10-20(21)16(2)23-25-24-17(12-13-27(25)3)14-18(29(4,5)6)15-22(24)28-26(19)23/h8-15H,7H2,1-6H3/q+1. The van der Waals surface area contributed by atoms with E-state index < -0.39 is 8.07 Å². The molecule has 0 unspecified atom stereocenters. The third kappa shape index (κ3) is 2.57. The molecule has 0 saturated carbocycles. The summed E-state index contributed by atoms with van der Waals surface area (Å²) in [5.74, 6) is 2.06. The van der Waals surface area contributed by atoms with Gasteiger partial charge in [0.1, 0.15) is 18.5 Å². The van der Waals surface area contributed by atoms with Crippen LogP contribution >= 0.6 is 0 Å². The summed E-state index contributed by atoms with van der Waals surface area (Å²) >= 11 is 0. The summed E-state index contributed by atoms with van der Waals surface area (Å²) in [4.78, 5) is 0. The average Bonchev–Trinajstić information content (AvgIpc) is 2.69. The lowest BCUT2D eigenvalue weighted by atomic mass is 9.88. The zero-order valence-electron chi connectivity index (χ0n) is 18.2. The average molecular weight is 399 g/mol. The van der Waals surface area contributed by atoms with Crippen LogP contribution in [0.1, 0.15) is 18.1 Å². The van der Waals surface area contributed by atoms with Gasteiger partial charge in [-0.3, -0.25) is 0 Å². The second-order valence-corrected chi connectivity index (χ2v) is 14.4. The van der Waals surface area contributed by atoms with Gasteiger partial charge in [0.05, 0.1) is 19.0 Å². The molecule has 0 N–H and O–H groups in total. The molecule has 29 heavy (non-hydrogen) atoms. The molecule has 0 fully saturated rings. The highest BCUT2D eigenvalue weighted by molar-refractivity contribution is 6.88. The van der Waals surface area contributed by atoms with Crippen molar-refractivity contribution in [2.24, 2.45) is 7.05 Å². The maximum atomic E-state index is 6.76. The Kier molecular flexibility index (Phi) is 3.91. The van der Waals surface area contributed by atoms with Crippen LogP contribution in [-0.4, -0.2) is 8.07 Å². The predicted molar refractivity (Wildman–Crippen MR) is 125 cm³/mol. The van der Waals surface area contributed by atoms with E-state index in [1.54, 1.807) is 0 Å². The van der Waals surface area contributed by atoms with Crippen molar-refractivity contribution in [2.45, 2.75) is 39.9 Å². The zero-order chi connectivity index (χ0) is 20.5. The van der Waals surface area contributed by atoms with E-state index in [-0.39, 0.29) is 0 Å². The fraction of sp³-hybridized carbons (Fsp3) is 0.269. The number of hydrogen-bond acceptors (Lipinski definition) is 1. The zero-order valence-corrected chi connectivity index (χ0v) is 19.2. The molecule has 0 spiro atoms. The molecule has 2 heterocycles. The minimum absolute atomic E-state index is 0.950. The van der Waals surface area contributed by atoms with Crippen molar-refractivity contribution >= 4 is 34.8 Å².